The van der Waals surface area contributed by atoms with Crippen LogP contribution in [0.4, 0.5) is 5.82 Å². The van der Waals surface area contributed by atoms with Gasteiger partial charge in [-0.15, -0.1) is 13.2 Å². The molecule has 10 nitrogen and oxygen atoms in total. The van der Waals surface area contributed by atoms with E-state index < -0.39 is 31.4 Å². The highest BCUT2D eigenvalue weighted by Crippen LogP contribution is 2.40. The third-order valence-corrected chi connectivity index (χ3v) is 6.71. The molecular weight excluding hydrogens is 419 g/mol. The first-order valence-electron chi connectivity index (χ1n) is 10.7. The molecule has 174 valence electrons. The summed E-state index contributed by atoms with van der Waals surface area (Å²) in [5.41, 5.74) is 6.57. The van der Waals surface area contributed by atoms with Gasteiger partial charge in [0, 0.05) is 19.8 Å². The molecule has 0 aliphatic carbocycles. The summed E-state index contributed by atoms with van der Waals surface area (Å²) in [4.78, 5) is 13.0. The van der Waals surface area contributed by atoms with Gasteiger partial charge < -0.3 is 30.7 Å². The van der Waals surface area contributed by atoms with E-state index in [9.17, 15) is 10.2 Å². The molecule has 2 aromatic heterocycles. The number of aromatic nitrogens is 4. The number of nitrogens with zero attached hydrogens (tertiary/aromatic N) is 4. The number of nitrogens with one attached hydrogen (secondary N) is 1. The minimum Gasteiger partial charge on any atom is -0.388 e. The Bertz CT molecular complexity index is 888. The van der Waals surface area contributed by atoms with E-state index in [1.165, 1.54) is 6.33 Å². The average molecular weight is 455 g/mol. The van der Waals surface area contributed by atoms with E-state index in [0.717, 1.165) is 19.0 Å². The molecule has 5 N–H and O–H groups in total. The van der Waals surface area contributed by atoms with Crippen LogP contribution >= 0.6 is 6.89 Å². The fraction of sp³-hybridized carbons (Fsp3) is 0.700. The summed E-state index contributed by atoms with van der Waals surface area (Å²) in [6.45, 7) is 5.66. The smallest absolute Gasteiger partial charge is 0.167 e. The second kappa shape index (κ2) is 10.8. The summed E-state index contributed by atoms with van der Waals surface area (Å²) in [6.07, 6.45) is 7.20. The highest BCUT2D eigenvalue weighted by Gasteiger charge is 2.44. The third kappa shape index (κ3) is 6.25. The summed E-state index contributed by atoms with van der Waals surface area (Å²) in [5.74, 6) is 0.610. The Balaban J connectivity index is 1.64. The van der Waals surface area contributed by atoms with Crippen LogP contribution in [-0.2, 0) is 9.47 Å². The van der Waals surface area contributed by atoms with Crippen molar-refractivity contribution >= 4 is 30.2 Å². The normalized spacial score (nSPS) is 24.2. The molecule has 3 heterocycles. The summed E-state index contributed by atoms with van der Waals surface area (Å²) < 4.78 is 13.2. The van der Waals surface area contributed by atoms with Crippen molar-refractivity contribution in [1.29, 1.82) is 0 Å². The van der Waals surface area contributed by atoms with E-state index >= 15 is 0 Å². The summed E-state index contributed by atoms with van der Waals surface area (Å²) in [7, 11) is 0. The van der Waals surface area contributed by atoms with Crippen LogP contribution in [0, 0.1) is 0 Å². The molecule has 2 aromatic rings. The molecule has 1 saturated heterocycles. The Hall–Kier alpha value is -1.55. The highest BCUT2D eigenvalue weighted by atomic mass is 31.2. The van der Waals surface area contributed by atoms with Crippen molar-refractivity contribution in [1.82, 2.24) is 19.5 Å². The number of nitrogens with two attached hydrogens (primary N) is 1. The number of aliphatic hydroxyl groups is 2. The quantitative estimate of drug-likeness (QED) is 0.270. The molecule has 1 aliphatic rings. The van der Waals surface area contributed by atoms with Gasteiger partial charge in [0.2, 0.25) is 0 Å². The lowest BCUT2D eigenvalue weighted by atomic mass is 10.1. The Morgan fingerprint density at radius 2 is 2.00 bits per heavy atom. The number of rotatable bonds is 12. The van der Waals surface area contributed by atoms with Gasteiger partial charge in [0.05, 0.1) is 12.4 Å². The molecule has 4 atom stereocenters. The molecule has 0 spiro atoms. The fourth-order valence-electron chi connectivity index (χ4n) is 3.51. The lowest BCUT2D eigenvalue weighted by molar-refractivity contribution is -0.0353. The van der Waals surface area contributed by atoms with E-state index in [4.69, 9.17) is 15.2 Å². The van der Waals surface area contributed by atoms with E-state index in [-0.39, 0.29) is 0 Å². The maximum Gasteiger partial charge on any atom is 0.167 e. The Morgan fingerprint density at radius 1 is 1.23 bits per heavy atom. The predicted molar refractivity (Wildman–Crippen MR) is 124 cm³/mol. The van der Waals surface area contributed by atoms with E-state index in [0.29, 0.717) is 49.7 Å². The number of ether oxygens (including phenoxy) is 2. The number of aliphatic hydroxyl groups excluding tert-OH is 2. The van der Waals surface area contributed by atoms with Crippen LogP contribution < -0.4 is 11.1 Å². The van der Waals surface area contributed by atoms with Crippen molar-refractivity contribution in [3.63, 3.8) is 0 Å². The van der Waals surface area contributed by atoms with Crippen molar-refractivity contribution in [2.24, 2.45) is 5.73 Å². The van der Waals surface area contributed by atoms with Gasteiger partial charge in [-0.25, -0.2) is 15.0 Å². The molecule has 0 bridgehead atoms. The number of hydrogen-bond donors (Lipinski definition) is 4. The Morgan fingerprint density at radius 3 is 2.74 bits per heavy atom. The molecule has 1 aliphatic heterocycles. The van der Waals surface area contributed by atoms with Crippen molar-refractivity contribution < 1.29 is 19.7 Å². The number of hydrogen-bond acceptors (Lipinski definition) is 9. The summed E-state index contributed by atoms with van der Waals surface area (Å²) >= 11 is 0. The van der Waals surface area contributed by atoms with Gasteiger partial charge in [-0.3, -0.25) is 4.57 Å². The molecule has 11 heteroatoms. The minimum atomic E-state index is -1.25. The highest BCUT2D eigenvalue weighted by molar-refractivity contribution is 7.72. The zero-order valence-electron chi connectivity index (χ0n) is 18.4. The van der Waals surface area contributed by atoms with Gasteiger partial charge in [0.1, 0.15) is 18.5 Å². The molecule has 0 aromatic carbocycles. The van der Waals surface area contributed by atoms with Crippen LogP contribution in [0.5, 0.6) is 0 Å². The van der Waals surface area contributed by atoms with Crippen molar-refractivity contribution in [3.05, 3.63) is 12.7 Å². The van der Waals surface area contributed by atoms with Crippen molar-refractivity contribution in [2.45, 2.75) is 43.8 Å². The molecule has 0 unspecified atom stereocenters. The van der Waals surface area contributed by atoms with Gasteiger partial charge >= 0.3 is 0 Å². The van der Waals surface area contributed by atoms with Gasteiger partial charge in [-0.05, 0) is 45.3 Å². The molecule has 1 fully saturated rings. The first kappa shape index (κ1) is 24.1. The zero-order chi connectivity index (χ0) is 22.4. The van der Waals surface area contributed by atoms with Crippen molar-refractivity contribution in [2.75, 3.05) is 51.1 Å². The fourth-order valence-corrected chi connectivity index (χ4v) is 4.46. The predicted octanol–water partition coefficient (Wildman–Crippen LogP) is 0.712. The summed E-state index contributed by atoms with van der Waals surface area (Å²) in [5, 5.41) is 24.4. The first-order chi connectivity index (χ1) is 14.8. The van der Waals surface area contributed by atoms with Crippen LogP contribution in [0.25, 0.3) is 11.2 Å². The average Bonchev–Trinajstić information content (AvgIpc) is 3.27. The van der Waals surface area contributed by atoms with E-state index in [2.05, 4.69) is 39.9 Å². The number of fused-ring (bicyclic) bond motifs is 1. The van der Waals surface area contributed by atoms with E-state index in [1.54, 1.807) is 10.9 Å². The summed E-state index contributed by atoms with van der Waals surface area (Å²) in [6, 6.07) is 0. The lowest BCUT2D eigenvalue weighted by Crippen LogP contribution is -2.31. The first-order valence-corrected chi connectivity index (χ1v) is 13.8. The maximum absolute atomic E-state index is 10.6. The van der Waals surface area contributed by atoms with Crippen LogP contribution in [-0.4, -0.2) is 100 Å². The van der Waals surface area contributed by atoms with Gasteiger partial charge in [-0.1, -0.05) is 0 Å². The van der Waals surface area contributed by atoms with E-state index in [1.807, 2.05) is 0 Å². The molecule has 31 heavy (non-hydrogen) atoms. The second-order valence-electron chi connectivity index (χ2n) is 8.58. The Labute approximate surface area is 183 Å². The second-order valence-corrected chi connectivity index (χ2v) is 12.9. The number of anilines is 1. The molecule has 0 saturated carbocycles. The van der Waals surface area contributed by atoms with Gasteiger partial charge in [-0.2, -0.15) is 0 Å². The zero-order valence-corrected chi connectivity index (χ0v) is 19.2. The van der Waals surface area contributed by atoms with Crippen LogP contribution in [0.2, 0.25) is 0 Å². The monoisotopic (exact) mass is 454 g/mol. The minimum absolute atomic E-state index is 0.447. The standard InChI is InChI=1S/C20H35N6O4P/c1-31(2,3)11-6-14-16(27)17(28)20(30-14)26-13-25-15-18(23-12-24-19(15)26)22-8-5-10-29-9-4-7-21/h12-14,16-17,20,27-28H,1,4-11,21H2,2-3H3,(H,22,23,24)/t14-,16-,17-,20-/m1/s1. The lowest BCUT2D eigenvalue weighted by Gasteiger charge is -2.18. The maximum atomic E-state index is 10.6. The molecule has 3 rings (SSSR count). The van der Waals surface area contributed by atoms with Gasteiger partial charge in [0.25, 0.3) is 0 Å². The third-order valence-electron chi connectivity index (χ3n) is 5.24. The number of imidazole rings is 1. The topological polar surface area (TPSA) is 141 Å². The van der Waals surface area contributed by atoms with Crippen LogP contribution in [0.1, 0.15) is 25.5 Å². The van der Waals surface area contributed by atoms with Crippen LogP contribution in [0.15, 0.2) is 12.7 Å². The van der Waals surface area contributed by atoms with Crippen molar-refractivity contribution in [3.8, 4) is 0 Å². The van der Waals surface area contributed by atoms with Crippen LogP contribution in [0.3, 0.4) is 0 Å². The largest absolute Gasteiger partial charge is 0.388 e. The molecule has 0 radical (unpaired) electrons. The Kier molecular flexibility index (Phi) is 8.43. The molecular formula is C20H35N6O4P. The molecule has 0 amide bonds. The van der Waals surface area contributed by atoms with Gasteiger partial charge in [0.15, 0.2) is 23.2 Å². The SMILES string of the molecule is C=P(C)(C)CC[C@H]1O[C@@H](n2cnc3c(NCCCOCCCN)ncnc32)[C@H](O)[C@@H]1O.